The van der Waals surface area contributed by atoms with Crippen LogP contribution in [0.15, 0.2) is 48.5 Å². The van der Waals surface area contributed by atoms with E-state index in [2.05, 4.69) is 10.3 Å². The number of rotatable bonds is 4. The maximum atomic E-state index is 12.9. The highest BCUT2D eigenvalue weighted by atomic mass is 16.4. The number of carbonyl (C=O) groups is 2. The maximum Gasteiger partial charge on any atom is 0.326 e. The Bertz CT molecular complexity index is 880. The van der Waals surface area contributed by atoms with E-state index in [1.54, 1.807) is 13.8 Å². The van der Waals surface area contributed by atoms with Gasteiger partial charge in [-0.15, -0.1) is 0 Å². The number of carbonyl (C=O) groups excluding carboxylic acids is 1. The number of amides is 1. The zero-order valence-corrected chi connectivity index (χ0v) is 13.5. The fraction of sp³-hybridized carbons (Fsp3) is 0.211. The van der Waals surface area contributed by atoms with Crippen LogP contribution in [0.1, 0.15) is 24.2 Å². The summed E-state index contributed by atoms with van der Waals surface area (Å²) in [6.07, 6.45) is 0. The fourth-order valence-corrected chi connectivity index (χ4v) is 2.81. The Morgan fingerprint density at radius 1 is 0.958 bits per heavy atom. The van der Waals surface area contributed by atoms with Crippen LogP contribution in [0.2, 0.25) is 0 Å². The number of hydrogen-bond donors (Lipinski definition) is 2. The van der Waals surface area contributed by atoms with Gasteiger partial charge in [-0.2, -0.15) is 0 Å². The van der Waals surface area contributed by atoms with Crippen LogP contribution >= 0.6 is 0 Å². The zero-order chi connectivity index (χ0) is 17.3. The molecule has 3 aromatic rings. The molecule has 0 aliphatic carbocycles. The van der Waals surface area contributed by atoms with Gasteiger partial charge in [0.25, 0.3) is 5.91 Å². The van der Waals surface area contributed by atoms with E-state index < -0.39 is 17.9 Å². The molecule has 5 nitrogen and oxygen atoms in total. The van der Waals surface area contributed by atoms with Gasteiger partial charge in [-0.05, 0) is 18.1 Å². The standard InChI is InChI=1S/C19H18N2O3/c1-11(2)17(19(23)24)21-18(22)16-12-7-3-5-9-14(12)20-15-10-6-4-8-13(15)16/h3-11,17H,1-2H3,(H,21,22)(H,23,24)/t17-/m1/s1. The largest absolute Gasteiger partial charge is 0.480 e. The van der Waals surface area contributed by atoms with Gasteiger partial charge >= 0.3 is 5.97 Å². The lowest BCUT2D eigenvalue weighted by Crippen LogP contribution is -2.44. The molecule has 0 aliphatic rings. The summed E-state index contributed by atoms with van der Waals surface area (Å²) in [5.74, 6) is -1.65. The summed E-state index contributed by atoms with van der Waals surface area (Å²) >= 11 is 0. The molecule has 0 aliphatic heterocycles. The molecule has 0 saturated carbocycles. The summed E-state index contributed by atoms with van der Waals surface area (Å²) < 4.78 is 0. The molecule has 0 unspecified atom stereocenters. The first kappa shape index (κ1) is 15.9. The van der Waals surface area contributed by atoms with Crippen molar-refractivity contribution < 1.29 is 14.7 Å². The van der Waals surface area contributed by atoms with Crippen LogP contribution in [-0.2, 0) is 4.79 Å². The molecular formula is C19H18N2O3. The lowest BCUT2D eigenvalue weighted by atomic mass is 10.00. The summed E-state index contributed by atoms with van der Waals surface area (Å²) in [5.41, 5.74) is 1.87. The molecule has 1 atom stereocenters. The number of carboxylic acids is 1. The third-order valence-electron chi connectivity index (χ3n) is 4.03. The van der Waals surface area contributed by atoms with E-state index in [-0.39, 0.29) is 5.92 Å². The minimum atomic E-state index is -1.04. The zero-order valence-electron chi connectivity index (χ0n) is 13.5. The second kappa shape index (κ2) is 6.28. The van der Waals surface area contributed by atoms with Crippen LogP contribution in [0.25, 0.3) is 21.8 Å². The molecule has 1 heterocycles. The maximum absolute atomic E-state index is 12.9. The summed E-state index contributed by atoms with van der Waals surface area (Å²) in [6.45, 7) is 3.53. The molecule has 0 bridgehead atoms. The van der Waals surface area contributed by atoms with Crippen molar-refractivity contribution in [2.45, 2.75) is 19.9 Å². The van der Waals surface area contributed by atoms with Crippen molar-refractivity contribution in [2.24, 2.45) is 5.92 Å². The number of benzene rings is 2. The van der Waals surface area contributed by atoms with Gasteiger partial charge in [0.15, 0.2) is 0 Å². The normalized spacial score (nSPS) is 12.5. The van der Waals surface area contributed by atoms with Gasteiger partial charge in [0.05, 0.1) is 16.6 Å². The second-order valence-corrected chi connectivity index (χ2v) is 6.05. The van der Waals surface area contributed by atoms with E-state index in [1.807, 2.05) is 48.5 Å². The average molecular weight is 322 g/mol. The van der Waals surface area contributed by atoms with Crippen LogP contribution in [-0.4, -0.2) is 28.0 Å². The highest BCUT2D eigenvalue weighted by Gasteiger charge is 2.25. The van der Waals surface area contributed by atoms with Gasteiger partial charge < -0.3 is 10.4 Å². The highest BCUT2D eigenvalue weighted by molar-refractivity contribution is 6.16. The van der Waals surface area contributed by atoms with Gasteiger partial charge in [0, 0.05) is 10.8 Å². The number of pyridine rings is 1. The van der Waals surface area contributed by atoms with Crippen molar-refractivity contribution in [3.05, 3.63) is 54.1 Å². The Labute approximate surface area is 139 Å². The third kappa shape index (κ3) is 2.80. The number of carboxylic acid groups (broad SMARTS) is 1. The second-order valence-electron chi connectivity index (χ2n) is 6.05. The van der Waals surface area contributed by atoms with Gasteiger partial charge in [0.1, 0.15) is 6.04 Å². The van der Waals surface area contributed by atoms with Crippen LogP contribution in [0.5, 0.6) is 0 Å². The SMILES string of the molecule is CC(C)[C@@H](NC(=O)c1c2ccccc2nc2ccccc12)C(=O)O. The molecule has 1 amide bonds. The summed E-state index contributed by atoms with van der Waals surface area (Å²) in [4.78, 5) is 28.9. The van der Waals surface area contributed by atoms with Gasteiger partial charge in [-0.3, -0.25) is 4.79 Å². The van der Waals surface area contributed by atoms with E-state index >= 15 is 0 Å². The van der Waals surface area contributed by atoms with Crippen molar-refractivity contribution in [3.8, 4) is 0 Å². The van der Waals surface area contributed by atoms with E-state index in [0.29, 0.717) is 27.4 Å². The highest BCUT2D eigenvalue weighted by Crippen LogP contribution is 2.26. The lowest BCUT2D eigenvalue weighted by Gasteiger charge is -2.19. The van der Waals surface area contributed by atoms with Crippen molar-refractivity contribution >= 4 is 33.7 Å². The molecular weight excluding hydrogens is 304 g/mol. The predicted octanol–water partition coefficient (Wildman–Crippen LogP) is 3.23. The van der Waals surface area contributed by atoms with E-state index in [1.165, 1.54) is 0 Å². The average Bonchev–Trinajstić information content (AvgIpc) is 2.56. The minimum absolute atomic E-state index is 0.217. The van der Waals surface area contributed by atoms with E-state index in [0.717, 1.165) is 0 Å². The Kier molecular flexibility index (Phi) is 4.16. The number of nitrogens with one attached hydrogen (secondary N) is 1. The Morgan fingerprint density at radius 2 is 1.46 bits per heavy atom. The first-order valence-corrected chi connectivity index (χ1v) is 7.80. The Balaban J connectivity index is 2.18. The van der Waals surface area contributed by atoms with Crippen molar-refractivity contribution in [2.75, 3.05) is 0 Å². The van der Waals surface area contributed by atoms with E-state index in [4.69, 9.17) is 0 Å². The number of aromatic nitrogens is 1. The molecule has 0 saturated heterocycles. The summed E-state index contributed by atoms with van der Waals surface area (Å²) in [7, 11) is 0. The van der Waals surface area contributed by atoms with E-state index in [9.17, 15) is 14.7 Å². The number of para-hydroxylation sites is 2. The molecule has 0 fully saturated rings. The molecule has 24 heavy (non-hydrogen) atoms. The fourth-order valence-electron chi connectivity index (χ4n) is 2.81. The summed E-state index contributed by atoms with van der Waals surface area (Å²) in [5, 5.41) is 13.4. The number of nitrogens with zero attached hydrogens (tertiary/aromatic N) is 1. The van der Waals surface area contributed by atoms with Crippen molar-refractivity contribution in [1.82, 2.24) is 10.3 Å². The first-order valence-electron chi connectivity index (χ1n) is 7.80. The lowest BCUT2D eigenvalue weighted by molar-refractivity contribution is -0.140. The summed E-state index contributed by atoms with van der Waals surface area (Å²) in [6, 6.07) is 13.8. The molecule has 5 heteroatoms. The van der Waals surface area contributed by atoms with Crippen LogP contribution in [0.3, 0.4) is 0 Å². The monoisotopic (exact) mass is 322 g/mol. The molecule has 3 rings (SSSR count). The predicted molar refractivity (Wildman–Crippen MR) is 93.0 cm³/mol. The molecule has 1 aromatic heterocycles. The van der Waals surface area contributed by atoms with Gasteiger partial charge in [-0.25, -0.2) is 9.78 Å². The van der Waals surface area contributed by atoms with Gasteiger partial charge in [0.2, 0.25) is 0 Å². The number of aliphatic carboxylic acids is 1. The molecule has 2 N–H and O–H groups in total. The van der Waals surface area contributed by atoms with Crippen LogP contribution in [0, 0.1) is 5.92 Å². The number of fused-ring (bicyclic) bond motifs is 2. The molecule has 2 aromatic carbocycles. The molecule has 0 spiro atoms. The van der Waals surface area contributed by atoms with Crippen LogP contribution in [0.4, 0.5) is 0 Å². The molecule has 0 radical (unpaired) electrons. The van der Waals surface area contributed by atoms with Crippen molar-refractivity contribution in [3.63, 3.8) is 0 Å². The molecule has 122 valence electrons. The van der Waals surface area contributed by atoms with Gasteiger partial charge in [-0.1, -0.05) is 50.2 Å². The first-order chi connectivity index (χ1) is 11.5. The third-order valence-corrected chi connectivity index (χ3v) is 4.03. The van der Waals surface area contributed by atoms with Crippen LogP contribution < -0.4 is 5.32 Å². The quantitative estimate of drug-likeness (QED) is 0.723. The Morgan fingerprint density at radius 3 is 1.92 bits per heavy atom. The Hall–Kier alpha value is -2.95. The topological polar surface area (TPSA) is 79.3 Å². The minimum Gasteiger partial charge on any atom is -0.480 e. The van der Waals surface area contributed by atoms with Crippen molar-refractivity contribution in [1.29, 1.82) is 0 Å². The number of hydrogen-bond acceptors (Lipinski definition) is 3. The smallest absolute Gasteiger partial charge is 0.326 e.